The summed E-state index contributed by atoms with van der Waals surface area (Å²) in [5, 5.41) is 13.9. The first-order chi connectivity index (χ1) is 16.6. The van der Waals surface area contributed by atoms with Crippen molar-refractivity contribution < 1.29 is 4.79 Å². The molecule has 1 saturated carbocycles. The van der Waals surface area contributed by atoms with Gasteiger partial charge in [-0.05, 0) is 53.7 Å². The molecule has 0 aromatic carbocycles. The van der Waals surface area contributed by atoms with Crippen LogP contribution in [0.1, 0.15) is 41.3 Å². The van der Waals surface area contributed by atoms with Crippen LogP contribution in [0.3, 0.4) is 0 Å². The molecule has 1 amide bonds. The van der Waals surface area contributed by atoms with Gasteiger partial charge in [0.2, 0.25) is 5.95 Å². The number of nitrogens with one attached hydrogen (secondary N) is 3. The first kappa shape index (κ1) is 20.3. The van der Waals surface area contributed by atoms with Gasteiger partial charge in [0.15, 0.2) is 0 Å². The molecular formula is C25H24N8O. The lowest BCUT2D eigenvalue weighted by Crippen LogP contribution is -2.17. The van der Waals surface area contributed by atoms with Gasteiger partial charge >= 0.3 is 0 Å². The Labute approximate surface area is 196 Å². The maximum atomic E-state index is 12.9. The molecule has 1 aliphatic carbocycles. The lowest BCUT2D eigenvalue weighted by atomic mass is 9.97. The number of anilines is 3. The minimum Gasteiger partial charge on any atom is -0.366 e. The maximum absolute atomic E-state index is 12.9. The van der Waals surface area contributed by atoms with Crippen molar-refractivity contribution >= 4 is 34.5 Å². The normalized spacial score (nSPS) is 15.7. The number of fused-ring (bicyclic) bond motifs is 2. The number of carbonyl (C=O) groups is 1. The van der Waals surface area contributed by atoms with E-state index in [0.717, 1.165) is 34.6 Å². The van der Waals surface area contributed by atoms with Gasteiger partial charge in [0.05, 0.1) is 29.2 Å². The zero-order valence-corrected chi connectivity index (χ0v) is 18.7. The molecule has 1 aliphatic heterocycles. The van der Waals surface area contributed by atoms with Gasteiger partial charge in [-0.1, -0.05) is 13.0 Å². The van der Waals surface area contributed by atoms with Crippen LogP contribution in [0, 0.1) is 5.41 Å². The summed E-state index contributed by atoms with van der Waals surface area (Å²) in [5.74, 6) is 1.21. The van der Waals surface area contributed by atoms with Crippen molar-refractivity contribution in [2.45, 2.75) is 19.8 Å². The largest absolute Gasteiger partial charge is 0.366 e. The Balaban J connectivity index is 1.29. The summed E-state index contributed by atoms with van der Waals surface area (Å²) in [7, 11) is 0. The predicted octanol–water partition coefficient (Wildman–Crippen LogP) is 3.84. The smallest absolute Gasteiger partial charge is 0.259 e. The number of hydrogen-bond donors (Lipinski definition) is 3. The topological polar surface area (TPSA) is 109 Å². The van der Waals surface area contributed by atoms with E-state index in [4.69, 9.17) is 4.98 Å². The molecule has 0 unspecified atom stereocenters. The number of pyridine rings is 2. The van der Waals surface area contributed by atoms with E-state index in [0.29, 0.717) is 29.2 Å². The first-order valence-corrected chi connectivity index (χ1v) is 11.3. The second kappa shape index (κ2) is 7.95. The Morgan fingerprint density at radius 3 is 2.97 bits per heavy atom. The van der Waals surface area contributed by atoms with E-state index in [1.54, 1.807) is 35.2 Å². The van der Waals surface area contributed by atoms with Gasteiger partial charge in [0, 0.05) is 37.2 Å². The van der Waals surface area contributed by atoms with Gasteiger partial charge < -0.3 is 16.0 Å². The van der Waals surface area contributed by atoms with Crippen molar-refractivity contribution in [2.75, 3.05) is 29.0 Å². The highest BCUT2D eigenvalue weighted by Crippen LogP contribution is 2.44. The molecule has 5 heterocycles. The van der Waals surface area contributed by atoms with Gasteiger partial charge in [0.1, 0.15) is 5.82 Å². The summed E-state index contributed by atoms with van der Waals surface area (Å²) in [6, 6.07) is 7.54. The predicted molar refractivity (Wildman–Crippen MR) is 131 cm³/mol. The van der Waals surface area contributed by atoms with Crippen LogP contribution in [0.4, 0.5) is 17.5 Å². The van der Waals surface area contributed by atoms with Crippen LogP contribution in [-0.4, -0.2) is 43.6 Å². The molecule has 0 radical (unpaired) electrons. The summed E-state index contributed by atoms with van der Waals surface area (Å²) in [6.45, 7) is 3.82. The molecule has 0 bridgehead atoms. The van der Waals surface area contributed by atoms with E-state index < -0.39 is 0 Å². The van der Waals surface area contributed by atoms with Gasteiger partial charge in [0.25, 0.3) is 5.91 Å². The summed E-state index contributed by atoms with van der Waals surface area (Å²) < 4.78 is 1.70. The summed E-state index contributed by atoms with van der Waals surface area (Å²) in [4.78, 5) is 26.2. The average Bonchev–Trinajstić information content (AvgIpc) is 3.45. The zero-order valence-electron chi connectivity index (χ0n) is 18.7. The highest BCUT2D eigenvalue weighted by Gasteiger charge is 2.37. The molecule has 9 heteroatoms. The van der Waals surface area contributed by atoms with E-state index in [-0.39, 0.29) is 5.91 Å². The average molecular weight is 453 g/mol. The van der Waals surface area contributed by atoms with E-state index in [2.05, 4.69) is 44.0 Å². The van der Waals surface area contributed by atoms with Crippen LogP contribution in [0.2, 0.25) is 0 Å². The number of nitrogens with zero attached hydrogens (tertiary/aromatic N) is 5. The molecule has 0 atom stereocenters. The Bertz CT molecular complexity index is 1420. The number of rotatable bonds is 6. The Morgan fingerprint density at radius 2 is 2.15 bits per heavy atom. The van der Waals surface area contributed by atoms with Crippen molar-refractivity contribution in [3.8, 4) is 0 Å². The Morgan fingerprint density at radius 1 is 1.24 bits per heavy atom. The van der Waals surface area contributed by atoms with Crippen LogP contribution in [0.15, 0.2) is 61.3 Å². The second-order valence-corrected chi connectivity index (χ2v) is 9.12. The number of hydrogen-bond acceptors (Lipinski definition) is 7. The monoisotopic (exact) mass is 452 g/mol. The van der Waals surface area contributed by atoms with Gasteiger partial charge in [-0.15, -0.1) is 0 Å². The lowest BCUT2D eigenvalue weighted by Gasteiger charge is -2.20. The van der Waals surface area contributed by atoms with E-state index in [1.165, 1.54) is 12.8 Å². The molecule has 0 spiro atoms. The minimum atomic E-state index is -0.233. The lowest BCUT2D eigenvalue weighted by molar-refractivity contribution is 0.102. The molecule has 170 valence electrons. The van der Waals surface area contributed by atoms with E-state index >= 15 is 0 Å². The summed E-state index contributed by atoms with van der Waals surface area (Å²) >= 11 is 0. The van der Waals surface area contributed by atoms with Crippen molar-refractivity contribution in [2.24, 2.45) is 5.41 Å². The first-order valence-electron chi connectivity index (χ1n) is 11.3. The molecule has 3 N–H and O–H groups in total. The molecule has 2 aliphatic rings. The molecule has 1 fully saturated rings. The van der Waals surface area contributed by atoms with Crippen molar-refractivity contribution in [1.82, 2.24) is 24.6 Å². The van der Waals surface area contributed by atoms with E-state index in [1.807, 2.05) is 24.5 Å². The molecule has 9 nitrogen and oxygen atoms in total. The van der Waals surface area contributed by atoms with Crippen molar-refractivity contribution in [1.29, 1.82) is 0 Å². The third kappa shape index (κ3) is 3.85. The van der Waals surface area contributed by atoms with E-state index in [9.17, 15) is 4.79 Å². The number of aromatic nitrogens is 5. The fraction of sp³-hybridized carbons (Fsp3) is 0.240. The number of carbonyl (C=O) groups excluding carboxylic acids is 1. The standard InChI is InChI=1S/C25H24N8O/c1-25(6-7-25)15-29-24-28-13-19-18(4-9-27-22(19)32-24)16-5-10-33-21(11-16)20(14-30-33)23(34)31-17-3-2-8-26-12-17/h2-5,8,10-14H,6-7,9,15H2,1H3,(H,31,34)(H2,27,28,29,32). The number of amides is 1. The third-order valence-corrected chi connectivity index (χ3v) is 6.43. The fourth-order valence-electron chi connectivity index (χ4n) is 4.07. The van der Waals surface area contributed by atoms with Crippen molar-refractivity contribution in [3.63, 3.8) is 0 Å². The molecular weight excluding hydrogens is 428 g/mol. The second-order valence-electron chi connectivity index (χ2n) is 9.12. The third-order valence-electron chi connectivity index (χ3n) is 6.43. The van der Waals surface area contributed by atoms with Gasteiger partial charge in [-0.25, -0.2) is 9.50 Å². The molecule has 6 rings (SSSR count). The molecule has 0 saturated heterocycles. The highest BCUT2D eigenvalue weighted by atomic mass is 16.1. The SMILES string of the molecule is CC1(CNc2ncc3c(n2)NCC=C3c2ccn3ncc(C(=O)Nc4cccnc4)c3c2)CC1. The van der Waals surface area contributed by atoms with Gasteiger partial charge in [-0.2, -0.15) is 10.1 Å². The summed E-state index contributed by atoms with van der Waals surface area (Å²) in [6.07, 6.45) is 13.2. The molecule has 34 heavy (non-hydrogen) atoms. The fourth-order valence-corrected chi connectivity index (χ4v) is 4.07. The quantitative estimate of drug-likeness (QED) is 0.408. The Hall–Kier alpha value is -4.27. The van der Waals surface area contributed by atoms with Gasteiger partial charge in [-0.3, -0.25) is 9.78 Å². The van der Waals surface area contributed by atoms with Crippen LogP contribution >= 0.6 is 0 Å². The van der Waals surface area contributed by atoms with Crippen LogP contribution in [0.25, 0.3) is 11.1 Å². The zero-order chi connectivity index (χ0) is 23.1. The van der Waals surface area contributed by atoms with Crippen LogP contribution < -0.4 is 16.0 Å². The van der Waals surface area contributed by atoms with Crippen LogP contribution in [0.5, 0.6) is 0 Å². The van der Waals surface area contributed by atoms with Crippen molar-refractivity contribution in [3.05, 3.63) is 78.0 Å². The van der Waals surface area contributed by atoms with Crippen LogP contribution in [-0.2, 0) is 0 Å². The maximum Gasteiger partial charge on any atom is 0.259 e. The highest BCUT2D eigenvalue weighted by molar-refractivity contribution is 6.09. The summed E-state index contributed by atoms with van der Waals surface area (Å²) in [5.41, 5.74) is 5.15. The minimum absolute atomic E-state index is 0.233. The molecule has 4 aromatic heterocycles. The Kier molecular flexibility index (Phi) is 4.75. The molecule has 4 aromatic rings.